The lowest BCUT2D eigenvalue weighted by atomic mass is 9.96. The van der Waals surface area contributed by atoms with Gasteiger partial charge >= 0.3 is 6.03 Å². The molecule has 2 bridgehead atoms. The molecule has 6 heteroatoms. The van der Waals surface area contributed by atoms with Crippen LogP contribution < -0.4 is 15.4 Å². The molecule has 0 saturated carbocycles. The fraction of sp³-hybridized carbons (Fsp3) is 0.409. The summed E-state index contributed by atoms with van der Waals surface area (Å²) in [4.78, 5) is 15.0. The summed E-state index contributed by atoms with van der Waals surface area (Å²) in [6, 6.07) is 16.6. The summed E-state index contributed by atoms with van der Waals surface area (Å²) in [6.07, 6.45) is 4.41. The van der Waals surface area contributed by atoms with E-state index in [1.807, 2.05) is 24.3 Å². The molecule has 2 heterocycles. The Balaban J connectivity index is 1.31. The maximum atomic E-state index is 12.4. The molecular formula is C22H26ClN3O2. The SMILES string of the molecule is COc1ccc(CN2C3CCC2CC(NC(=O)Nc2ccc(Cl)cc2)C3)cc1. The van der Waals surface area contributed by atoms with E-state index < -0.39 is 0 Å². The van der Waals surface area contributed by atoms with E-state index in [1.165, 1.54) is 18.4 Å². The normalized spacial score (nSPS) is 24.0. The average Bonchev–Trinajstić information content (AvgIpc) is 2.92. The molecule has 2 aromatic rings. The lowest BCUT2D eigenvalue weighted by Crippen LogP contribution is -2.50. The van der Waals surface area contributed by atoms with Crippen molar-refractivity contribution in [3.8, 4) is 5.75 Å². The Bertz CT molecular complexity index is 796. The van der Waals surface area contributed by atoms with Gasteiger partial charge in [0.15, 0.2) is 0 Å². The standard InChI is InChI=1S/C22H26ClN3O2/c1-28-21-10-2-15(3-11-21)14-26-19-8-9-20(26)13-18(12-19)25-22(27)24-17-6-4-16(23)5-7-17/h2-7,10-11,18-20H,8-9,12-14H2,1H3,(H2,24,25,27). The smallest absolute Gasteiger partial charge is 0.319 e. The molecule has 0 radical (unpaired) electrons. The van der Waals surface area contributed by atoms with Gasteiger partial charge in [0, 0.05) is 35.4 Å². The fourth-order valence-electron chi connectivity index (χ4n) is 4.48. The second-order valence-corrected chi connectivity index (χ2v) is 8.12. The van der Waals surface area contributed by atoms with Crippen LogP contribution in [-0.4, -0.2) is 36.2 Å². The molecule has 2 unspecified atom stereocenters. The van der Waals surface area contributed by atoms with Crippen molar-refractivity contribution >= 4 is 23.3 Å². The average molecular weight is 400 g/mol. The molecule has 2 aliphatic rings. The number of carbonyl (C=O) groups excluding carboxylic acids is 1. The van der Waals surface area contributed by atoms with E-state index in [0.717, 1.165) is 30.8 Å². The maximum absolute atomic E-state index is 12.4. The number of anilines is 1. The maximum Gasteiger partial charge on any atom is 0.319 e. The van der Waals surface area contributed by atoms with E-state index in [2.05, 4.69) is 27.7 Å². The number of fused-ring (bicyclic) bond motifs is 2. The molecule has 0 spiro atoms. The number of urea groups is 1. The number of hydrogen-bond donors (Lipinski definition) is 2. The highest BCUT2D eigenvalue weighted by atomic mass is 35.5. The van der Waals surface area contributed by atoms with E-state index in [0.29, 0.717) is 17.1 Å². The highest BCUT2D eigenvalue weighted by Gasteiger charge is 2.40. The molecule has 5 nitrogen and oxygen atoms in total. The highest BCUT2D eigenvalue weighted by molar-refractivity contribution is 6.30. The molecule has 28 heavy (non-hydrogen) atoms. The van der Waals surface area contributed by atoms with Gasteiger partial charge in [0.2, 0.25) is 0 Å². The van der Waals surface area contributed by atoms with E-state index in [1.54, 1.807) is 19.2 Å². The summed E-state index contributed by atoms with van der Waals surface area (Å²) >= 11 is 5.89. The Kier molecular flexibility index (Phi) is 5.74. The van der Waals surface area contributed by atoms with Crippen molar-refractivity contribution in [2.24, 2.45) is 0 Å². The van der Waals surface area contributed by atoms with Gasteiger partial charge in [-0.05, 0) is 67.6 Å². The first-order valence-electron chi connectivity index (χ1n) is 9.82. The summed E-state index contributed by atoms with van der Waals surface area (Å²) in [7, 11) is 1.69. The van der Waals surface area contributed by atoms with E-state index in [9.17, 15) is 4.79 Å². The number of nitrogens with one attached hydrogen (secondary N) is 2. The largest absolute Gasteiger partial charge is 0.497 e. The van der Waals surface area contributed by atoms with Crippen molar-refractivity contribution in [3.63, 3.8) is 0 Å². The van der Waals surface area contributed by atoms with Crippen LogP contribution in [0.3, 0.4) is 0 Å². The number of benzene rings is 2. The molecule has 2 aliphatic heterocycles. The number of carbonyl (C=O) groups is 1. The number of hydrogen-bond acceptors (Lipinski definition) is 3. The third kappa shape index (κ3) is 4.42. The number of halogens is 1. The number of amides is 2. The van der Waals surface area contributed by atoms with Crippen molar-refractivity contribution in [3.05, 3.63) is 59.1 Å². The van der Waals surface area contributed by atoms with Gasteiger partial charge in [0.05, 0.1) is 7.11 Å². The molecule has 2 aromatic carbocycles. The zero-order chi connectivity index (χ0) is 19.5. The van der Waals surface area contributed by atoms with Gasteiger partial charge in [-0.15, -0.1) is 0 Å². The van der Waals surface area contributed by atoms with Crippen molar-refractivity contribution in [1.82, 2.24) is 10.2 Å². The Labute approximate surface area is 171 Å². The minimum atomic E-state index is -0.143. The molecule has 2 N–H and O–H groups in total. The van der Waals surface area contributed by atoms with Crippen LogP contribution in [-0.2, 0) is 6.54 Å². The van der Waals surface area contributed by atoms with Crippen LogP contribution in [0.5, 0.6) is 5.75 Å². The predicted molar refractivity (Wildman–Crippen MR) is 112 cm³/mol. The Hall–Kier alpha value is -2.24. The number of methoxy groups -OCH3 is 1. The Morgan fingerprint density at radius 2 is 1.71 bits per heavy atom. The summed E-state index contributed by atoms with van der Waals surface area (Å²) in [5.41, 5.74) is 2.06. The molecule has 2 atom stereocenters. The van der Waals surface area contributed by atoms with Gasteiger partial charge in [-0.2, -0.15) is 0 Å². The summed E-state index contributed by atoms with van der Waals surface area (Å²) in [5.74, 6) is 0.890. The number of ether oxygens (including phenoxy) is 1. The molecule has 0 aliphatic carbocycles. The fourth-order valence-corrected chi connectivity index (χ4v) is 4.60. The van der Waals surface area contributed by atoms with Crippen LogP contribution in [0.4, 0.5) is 10.5 Å². The minimum Gasteiger partial charge on any atom is -0.497 e. The second kappa shape index (κ2) is 8.41. The highest BCUT2D eigenvalue weighted by Crippen LogP contribution is 2.37. The molecule has 2 saturated heterocycles. The van der Waals surface area contributed by atoms with Crippen LogP contribution in [0.1, 0.15) is 31.2 Å². The Morgan fingerprint density at radius 3 is 2.32 bits per heavy atom. The first-order chi connectivity index (χ1) is 13.6. The van der Waals surface area contributed by atoms with Gasteiger partial charge in [-0.25, -0.2) is 4.79 Å². The van der Waals surface area contributed by atoms with Gasteiger partial charge in [0.25, 0.3) is 0 Å². The zero-order valence-electron chi connectivity index (χ0n) is 16.0. The first-order valence-corrected chi connectivity index (χ1v) is 10.2. The van der Waals surface area contributed by atoms with Gasteiger partial charge < -0.3 is 15.4 Å². The van der Waals surface area contributed by atoms with Crippen LogP contribution in [0.25, 0.3) is 0 Å². The predicted octanol–water partition coefficient (Wildman–Crippen LogP) is 4.67. The molecule has 4 rings (SSSR count). The van der Waals surface area contributed by atoms with Crippen molar-refractivity contribution in [1.29, 1.82) is 0 Å². The topological polar surface area (TPSA) is 53.6 Å². The summed E-state index contributed by atoms with van der Waals surface area (Å²) < 4.78 is 5.25. The van der Waals surface area contributed by atoms with E-state index >= 15 is 0 Å². The minimum absolute atomic E-state index is 0.143. The molecule has 2 fully saturated rings. The lowest BCUT2D eigenvalue weighted by molar-refractivity contribution is 0.112. The number of piperidine rings is 1. The molecule has 2 amide bonds. The monoisotopic (exact) mass is 399 g/mol. The van der Waals surface area contributed by atoms with Gasteiger partial charge in [-0.3, -0.25) is 4.90 Å². The van der Waals surface area contributed by atoms with Crippen LogP contribution in [0, 0.1) is 0 Å². The Morgan fingerprint density at radius 1 is 1.07 bits per heavy atom. The van der Waals surface area contributed by atoms with Crippen LogP contribution in [0.15, 0.2) is 48.5 Å². The number of nitrogens with zero attached hydrogens (tertiary/aromatic N) is 1. The molecular weight excluding hydrogens is 374 g/mol. The van der Waals surface area contributed by atoms with Gasteiger partial charge in [0.1, 0.15) is 5.75 Å². The quantitative estimate of drug-likeness (QED) is 0.768. The van der Waals surface area contributed by atoms with Crippen molar-refractivity contribution < 1.29 is 9.53 Å². The molecule has 0 aromatic heterocycles. The van der Waals surface area contributed by atoms with Crippen molar-refractivity contribution in [2.45, 2.75) is 50.4 Å². The lowest BCUT2D eigenvalue weighted by Gasteiger charge is -2.39. The third-order valence-corrected chi connectivity index (χ3v) is 6.10. The first kappa shape index (κ1) is 19.1. The number of rotatable bonds is 5. The van der Waals surface area contributed by atoms with E-state index in [-0.39, 0.29) is 12.1 Å². The van der Waals surface area contributed by atoms with Crippen molar-refractivity contribution in [2.75, 3.05) is 12.4 Å². The molecule has 148 valence electrons. The second-order valence-electron chi connectivity index (χ2n) is 7.68. The summed E-state index contributed by atoms with van der Waals surface area (Å²) in [6.45, 7) is 0.961. The zero-order valence-corrected chi connectivity index (χ0v) is 16.8. The van der Waals surface area contributed by atoms with Crippen LogP contribution >= 0.6 is 11.6 Å². The summed E-state index contributed by atoms with van der Waals surface area (Å²) in [5, 5.41) is 6.71. The van der Waals surface area contributed by atoms with Crippen LogP contribution in [0.2, 0.25) is 5.02 Å². The van der Waals surface area contributed by atoms with Gasteiger partial charge in [-0.1, -0.05) is 23.7 Å². The third-order valence-electron chi connectivity index (χ3n) is 5.85. The van der Waals surface area contributed by atoms with E-state index in [4.69, 9.17) is 16.3 Å².